The normalized spacial score (nSPS) is 10.4. The second-order valence-electron chi connectivity index (χ2n) is 4.41. The largest absolute Gasteiger partial charge is 0.381 e. The number of aryl methyl sites for hydroxylation is 2. The summed E-state index contributed by atoms with van der Waals surface area (Å²) in [6.07, 6.45) is 0. The summed E-state index contributed by atoms with van der Waals surface area (Å²) in [5.41, 5.74) is 4.62. The van der Waals surface area contributed by atoms with Gasteiger partial charge < -0.3 is 5.32 Å². The molecule has 94 valence electrons. The summed E-state index contributed by atoms with van der Waals surface area (Å²) < 4.78 is 0. The maximum atomic E-state index is 6.13. The Hall–Kier alpha value is -1.18. The van der Waals surface area contributed by atoms with Crippen molar-refractivity contribution in [1.29, 1.82) is 0 Å². The topological polar surface area (TPSA) is 12.0 Å². The fraction of sp³-hybridized carbons (Fsp3) is 0.200. The predicted octanol–water partition coefficient (Wildman–Crippen LogP) is 5.22. The fourth-order valence-electron chi connectivity index (χ4n) is 1.88. The first kappa shape index (κ1) is 13.3. The minimum Gasteiger partial charge on any atom is -0.381 e. The van der Waals surface area contributed by atoms with Crippen molar-refractivity contribution in [2.75, 3.05) is 5.32 Å². The smallest absolute Gasteiger partial charge is 0.0456 e. The first-order valence-electron chi connectivity index (χ1n) is 5.81. The van der Waals surface area contributed by atoms with E-state index < -0.39 is 0 Å². The van der Waals surface area contributed by atoms with Gasteiger partial charge in [-0.2, -0.15) is 0 Å². The highest BCUT2D eigenvalue weighted by Crippen LogP contribution is 2.23. The van der Waals surface area contributed by atoms with E-state index in [4.69, 9.17) is 23.2 Å². The maximum Gasteiger partial charge on any atom is 0.0456 e. The predicted molar refractivity (Wildman–Crippen MR) is 79.7 cm³/mol. The highest BCUT2D eigenvalue weighted by atomic mass is 35.5. The van der Waals surface area contributed by atoms with Crippen molar-refractivity contribution in [2.24, 2.45) is 0 Å². The van der Waals surface area contributed by atoms with Crippen LogP contribution in [0, 0.1) is 13.8 Å². The number of hydrogen-bond donors (Lipinski definition) is 1. The Kier molecular flexibility index (Phi) is 4.15. The molecule has 0 aliphatic heterocycles. The minimum atomic E-state index is 0.670. The van der Waals surface area contributed by atoms with Crippen LogP contribution in [-0.4, -0.2) is 0 Å². The molecule has 0 spiro atoms. The summed E-state index contributed by atoms with van der Waals surface area (Å²) in [6, 6.07) is 11.8. The Morgan fingerprint density at radius 3 is 2.50 bits per heavy atom. The van der Waals surface area contributed by atoms with Crippen LogP contribution in [0.5, 0.6) is 0 Å². The summed E-state index contributed by atoms with van der Waals surface area (Å²) in [5.74, 6) is 0. The molecule has 0 aliphatic rings. The molecule has 18 heavy (non-hydrogen) atoms. The molecule has 0 atom stereocenters. The van der Waals surface area contributed by atoms with Crippen LogP contribution in [0.2, 0.25) is 10.0 Å². The van der Waals surface area contributed by atoms with E-state index >= 15 is 0 Å². The molecular formula is C15H15Cl2N. The first-order valence-corrected chi connectivity index (χ1v) is 6.57. The highest BCUT2D eigenvalue weighted by Gasteiger charge is 2.03. The van der Waals surface area contributed by atoms with Crippen LogP contribution in [0.4, 0.5) is 5.69 Å². The van der Waals surface area contributed by atoms with Crippen molar-refractivity contribution in [3.05, 3.63) is 63.1 Å². The van der Waals surface area contributed by atoms with Gasteiger partial charge in [-0.25, -0.2) is 0 Å². The highest BCUT2D eigenvalue weighted by molar-refractivity contribution is 6.33. The third kappa shape index (κ3) is 3.18. The molecule has 0 bridgehead atoms. The third-order valence-corrected chi connectivity index (χ3v) is 3.46. The average Bonchev–Trinajstić information content (AvgIpc) is 2.32. The Bertz CT molecular complexity index is 564. The van der Waals surface area contributed by atoms with E-state index in [9.17, 15) is 0 Å². The summed E-state index contributed by atoms with van der Waals surface area (Å²) in [7, 11) is 0. The lowest BCUT2D eigenvalue weighted by atomic mass is 10.1. The van der Waals surface area contributed by atoms with Gasteiger partial charge in [-0.3, -0.25) is 0 Å². The molecular weight excluding hydrogens is 265 g/mol. The number of anilines is 1. The number of rotatable bonds is 3. The van der Waals surface area contributed by atoms with Crippen molar-refractivity contribution >= 4 is 28.9 Å². The number of benzene rings is 2. The van der Waals surface area contributed by atoms with E-state index in [0.29, 0.717) is 11.6 Å². The van der Waals surface area contributed by atoms with Crippen LogP contribution in [-0.2, 0) is 6.54 Å². The summed E-state index contributed by atoms with van der Waals surface area (Å²) in [4.78, 5) is 0. The van der Waals surface area contributed by atoms with Gasteiger partial charge >= 0.3 is 0 Å². The molecule has 0 aromatic heterocycles. The van der Waals surface area contributed by atoms with Crippen LogP contribution in [0.1, 0.15) is 16.7 Å². The molecule has 0 fully saturated rings. The van der Waals surface area contributed by atoms with Crippen LogP contribution in [0.3, 0.4) is 0 Å². The summed E-state index contributed by atoms with van der Waals surface area (Å²) >= 11 is 12.1. The van der Waals surface area contributed by atoms with Gasteiger partial charge in [-0.15, -0.1) is 0 Å². The van der Waals surface area contributed by atoms with E-state index in [1.54, 1.807) is 6.07 Å². The molecule has 2 aromatic rings. The Morgan fingerprint density at radius 1 is 1.00 bits per heavy atom. The molecule has 0 amide bonds. The standard InChI is InChI=1S/C15H15Cl2N/c1-10-3-6-15(11(2)7-10)18-9-12-8-13(16)4-5-14(12)17/h3-8,18H,9H2,1-2H3. The van der Waals surface area contributed by atoms with Gasteiger partial charge in [0.15, 0.2) is 0 Å². The third-order valence-electron chi connectivity index (χ3n) is 2.86. The van der Waals surface area contributed by atoms with Gasteiger partial charge in [0.25, 0.3) is 0 Å². The molecule has 0 aliphatic carbocycles. The van der Waals surface area contributed by atoms with Crippen molar-refractivity contribution in [2.45, 2.75) is 20.4 Å². The van der Waals surface area contributed by atoms with Gasteiger partial charge in [0.05, 0.1) is 0 Å². The van der Waals surface area contributed by atoms with Gasteiger partial charge in [0.1, 0.15) is 0 Å². The lowest BCUT2D eigenvalue weighted by Crippen LogP contribution is -2.01. The minimum absolute atomic E-state index is 0.670. The Balaban J connectivity index is 2.13. The lowest BCUT2D eigenvalue weighted by Gasteiger charge is -2.11. The molecule has 1 nitrogen and oxygen atoms in total. The number of halogens is 2. The Morgan fingerprint density at radius 2 is 1.78 bits per heavy atom. The van der Waals surface area contributed by atoms with E-state index in [1.165, 1.54) is 11.1 Å². The molecule has 0 heterocycles. The van der Waals surface area contributed by atoms with Gasteiger partial charge in [0, 0.05) is 22.3 Å². The van der Waals surface area contributed by atoms with Crippen molar-refractivity contribution in [1.82, 2.24) is 0 Å². The zero-order valence-electron chi connectivity index (χ0n) is 10.4. The second kappa shape index (κ2) is 5.64. The van der Waals surface area contributed by atoms with E-state index in [1.807, 2.05) is 12.1 Å². The molecule has 0 radical (unpaired) electrons. The summed E-state index contributed by atoms with van der Waals surface area (Å²) in [5, 5.41) is 4.82. The van der Waals surface area contributed by atoms with E-state index in [0.717, 1.165) is 16.3 Å². The molecule has 0 unspecified atom stereocenters. The van der Waals surface area contributed by atoms with Crippen molar-refractivity contribution in [3.8, 4) is 0 Å². The molecule has 2 aromatic carbocycles. The number of hydrogen-bond acceptors (Lipinski definition) is 1. The fourth-order valence-corrected chi connectivity index (χ4v) is 2.26. The van der Waals surface area contributed by atoms with Gasteiger partial charge in [-0.05, 0) is 49.2 Å². The van der Waals surface area contributed by atoms with Gasteiger partial charge in [0.2, 0.25) is 0 Å². The number of nitrogens with one attached hydrogen (secondary N) is 1. The molecule has 0 saturated heterocycles. The molecule has 2 rings (SSSR count). The lowest BCUT2D eigenvalue weighted by molar-refractivity contribution is 1.14. The van der Waals surface area contributed by atoms with Crippen LogP contribution >= 0.6 is 23.2 Å². The van der Waals surface area contributed by atoms with Crippen LogP contribution in [0.15, 0.2) is 36.4 Å². The maximum absolute atomic E-state index is 6.13. The zero-order valence-corrected chi connectivity index (χ0v) is 11.9. The van der Waals surface area contributed by atoms with Crippen molar-refractivity contribution < 1.29 is 0 Å². The molecule has 0 saturated carbocycles. The van der Waals surface area contributed by atoms with Crippen LogP contribution in [0.25, 0.3) is 0 Å². The van der Waals surface area contributed by atoms with Crippen molar-refractivity contribution in [3.63, 3.8) is 0 Å². The average molecular weight is 280 g/mol. The molecule has 3 heteroatoms. The second-order valence-corrected chi connectivity index (χ2v) is 5.25. The Labute approximate surface area is 118 Å². The van der Waals surface area contributed by atoms with E-state index in [-0.39, 0.29) is 0 Å². The van der Waals surface area contributed by atoms with Gasteiger partial charge in [-0.1, -0.05) is 40.9 Å². The monoisotopic (exact) mass is 279 g/mol. The first-order chi connectivity index (χ1) is 8.56. The van der Waals surface area contributed by atoms with Crippen LogP contribution < -0.4 is 5.32 Å². The zero-order chi connectivity index (χ0) is 13.1. The SMILES string of the molecule is Cc1ccc(NCc2cc(Cl)ccc2Cl)c(C)c1. The quantitative estimate of drug-likeness (QED) is 0.812. The summed E-state index contributed by atoms with van der Waals surface area (Å²) in [6.45, 7) is 4.85. The van der Waals surface area contributed by atoms with E-state index in [2.05, 4.69) is 37.4 Å². The molecule has 1 N–H and O–H groups in total.